The molecule has 0 aliphatic heterocycles. The molecule has 2 aromatic rings. The molecule has 168 valence electrons. The predicted octanol–water partition coefficient (Wildman–Crippen LogP) is 2.44. The molecular formula is C21H27N3O6S. The average Bonchev–Trinajstić information content (AvgIpc) is 2.78. The molecule has 9 nitrogen and oxygen atoms in total. The van der Waals surface area contributed by atoms with E-state index in [1.54, 1.807) is 29.7 Å². The lowest BCUT2D eigenvalue weighted by atomic mass is 10.1. The van der Waals surface area contributed by atoms with Gasteiger partial charge in [0.2, 0.25) is 21.8 Å². The molecule has 2 aromatic carbocycles. The van der Waals surface area contributed by atoms with Gasteiger partial charge in [-0.05, 0) is 49.2 Å². The minimum absolute atomic E-state index is 0.0189. The minimum Gasteiger partial charge on any atom is -0.497 e. The van der Waals surface area contributed by atoms with Crippen LogP contribution in [0.4, 0.5) is 5.69 Å². The van der Waals surface area contributed by atoms with Gasteiger partial charge >= 0.3 is 0 Å². The van der Waals surface area contributed by atoms with Gasteiger partial charge in [0.15, 0.2) is 0 Å². The van der Waals surface area contributed by atoms with Gasteiger partial charge in [0.1, 0.15) is 11.8 Å². The summed E-state index contributed by atoms with van der Waals surface area (Å²) in [6.45, 7) is 0. The van der Waals surface area contributed by atoms with Crippen LogP contribution in [0.2, 0.25) is 0 Å². The first-order valence-corrected chi connectivity index (χ1v) is 11.3. The number of methoxy groups -OCH3 is 1. The van der Waals surface area contributed by atoms with Crippen LogP contribution >= 0.6 is 0 Å². The standard InChI is InChI=1S/C21H27N3O6S/c1-30-17-12-14-18(15-13-17)31(28,29)24-19(10-6-3-7-11-20(25)23-27)21(26)22-16-8-4-2-5-9-16/h2,4-5,8-9,12-15,19,24,27H,3,6-7,10-11H2,1H3,(H,22,26)(H,23,25)/t19-/m0/s1. The molecule has 0 saturated heterocycles. The van der Waals surface area contributed by atoms with E-state index in [4.69, 9.17) is 9.94 Å². The highest BCUT2D eigenvalue weighted by atomic mass is 32.2. The largest absolute Gasteiger partial charge is 0.497 e. The second-order valence-electron chi connectivity index (χ2n) is 6.84. The van der Waals surface area contributed by atoms with Gasteiger partial charge in [-0.2, -0.15) is 4.72 Å². The molecule has 0 spiro atoms. The van der Waals surface area contributed by atoms with Crippen LogP contribution in [0.25, 0.3) is 0 Å². The fraction of sp³-hybridized carbons (Fsp3) is 0.333. The van der Waals surface area contributed by atoms with Crippen LogP contribution in [-0.4, -0.2) is 38.6 Å². The van der Waals surface area contributed by atoms with Crippen LogP contribution in [0.3, 0.4) is 0 Å². The predicted molar refractivity (Wildman–Crippen MR) is 115 cm³/mol. The molecule has 1 atom stereocenters. The Balaban J connectivity index is 2.07. The van der Waals surface area contributed by atoms with Crippen molar-refractivity contribution in [2.45, 2.75) is 43.0 Å². The molecule has 0 fully saturated rings. The highest BCUT2D eigenvalue weighted by molar-refractivity contribution is 7.89. The van der Waals surface area contributed by atoms with Gasteiger partial charge in [0, 0.05) is 12.1 Å². The molecule has 31 heavy (non-hydrogen) atoms. The lowest BCUT2D eigenvalue weighted by molar-refractivity contribution is -0.129. The van der Waals surface area contributed by atoms with Gasteiger partial charge in [0.25, 0.3) is 0 Å². The van der Waals surface area contributed by atoms with E-state index in [-0.39, 0.29) is 17.7 Å². The summed E-state index contributed by atoms with van der Waals surface area (Å²) in [6.07, 6.45) is 2.00. The first kappa shape index (κ1) is 24.3. The van der Waals surface area contributed by atoms with Crippen molar-refractivity contribution in [3.05, 3.63) is 54.6 Å². The number of nitrogens with one attached hydrogen (secondary N) is 3. The Kier molecular flexibility index (Phi) is 9.44. The maximum absolute atomic E-state index is 12.8. The van der Waals surface area contributed by atoms with Gasteiger partial charge in [-0.25, -0.2) is 13.9 Å². The third-order valence-corrected chi connectivity index (χ3v) is 6.03. The number of para-hydroxylation sites is 1. The fourth-order valence-electron chi connectivity index (χ4n) is 2.87. The number of unbranched alkanes of at least 4 members (excludes halogenated alkanes) is 2. The number of carbonyl (C=O) groups excluding carboxylic acids is 2. The van der Waals surface area contributed by atoms with Crippen molar-refractivity contribution in [2.24, 2.45) is 0 Å². The third kappa shape index (κ3) is 8.00. The van der Waals surface area contributed by atoms with Gasteiger partial charge in [0.05, 0.1) is 12.0 Å². The number of hydrogen-bond donors (Lipinski definition) is 4. The Labute approximate surface area is 181 Å². The van der Waals surface area contributed by atoms with Gasteiger partial charge in [-0.15, -0.1) is 0 Å². The van der Waals surface area contributed by atoms with E-state index >= 15 is 0 Å². The molecule has 0 bridgehead atoms. The van der Waals surface area contributed by atoms with E-state index < -0.39 is 27.9 Å². The second-order valence-corrected chi connectivity index (χ2v) is 8.55. The lowest BCUT2D eigenvalue weighted by Crippen LogP contribution is -2.43. The average molecular weight is 450 g/mol. The normalized spacial score (nSPS) is 12.1. The Morgan fingerprint density at radius 2 is 1.68 bits per heavy atom. The number of rotatable bonds is 12. The number of ether oxygens (including phenoxy) is 1. The van der Waals surface area contributed by atoms with E-state index in [2.05, 4.69) is 10.0 Å². The summed E-state index contributed by atoms with van der Waals surface area (Å²) in [6, 6.07) is 13.6. The second kappa shape index (κ2) is 12.0. The summed E-state index contributed by atoms with van der Waals surface area (Å²) in [5.74, 6) is -0.445. The molecule has 2 amide bonds. The van der Waals surface area contributed by atoms with E-state index in [1.165, 1.54) is 31.4 Å². The first-order valence-electron chi connectivity index (χ1n) is 9.81. The van der Waals surface area contributed by atoms with Crippen LogP contribution in [0.15, 0.2) is 59.5 Å². The van der Waals surface area contributed by atoms with Crippen LogP contribution in [0.5, 0.6) is 5.75 Å². The van der Waals surface area contributed by atoms with Crippen molar-refractivity contribution in [3.63, 3.8) is 0 Å². The van der Waals surface area contributed by atoms with Crippen molar-refractivity contribution in [1.29, 1.82) is 0 Å². The van der Waals surface area contributed by atoms with E-state index in [0.717, 1.165) is 0 Å². The zero-order chi connectivity index (χ0) is 22.7. The summed E-state index contributed by atoms with van der Waals surface area (Å²) in [4.78, 5) is 23.9. The van der Waals surface area contributed by atoms with Crippen molar-refractivity contribution >= 4 is 27.5 Å². The number of amides is 2. The van der Waals surface area contributed by atoms with Gasteiger partial charge < -0.3 is 10.1 Å². The van der Waals surface area contributed by atoms with Gasteiger partial charge in [-0.3, -0.25) is 14.8 Å². The Morgan fingerprint density at radius 1 is 1.00 bits per heavy atom. The molecule has 0 aliphatic carbocycles. The van der Waals surface area contributed by atoms with Crippen LogP contribution in [0, 0.1) is 0 Å². The smallest absolute Gasteiger partial charge is 0.243 e. The van der Waals surface area contributed by atoms with E-state index in [0.29, 0.717) is 30.7 Å². The number of anilines is 1. The fourth-order valence-corrected chi connectivity index (χ4v) is 4.10. The molecule has 10 heteroatoms. The Hall–Kier alpha value is -2.95. The lowest BCUT2D eigenvalue weighted by Gasteiger charge is -2.19. The maximum Gasteiger partial charge on any atom is 0.243 e. The van der Waals surface area contributed by atoms with Gasteiger partial charge in [-0.1, -0.05) is 31.0 Å². The summed E-state index contributed by atoms with van der Waals surface area (Å²) in [5, 5.41) is 11.2. The summed E-state index contributed by atoms with van der Waals surface area (Å²) >= 11 is 0. The highest BCUT2D eigenvalue weighted by Gasteiger charge is 2.25. The molecule has 0 aliphatic rings. The van der Waals surface area contributed by atoms with Crippen LogP contribution in [0.1, 0.15) is 32.1 Å². The molecule has 0 heterocycles. The van der Waals surface area contributed by atoms with Crippen molar-refractivity contribution in [3.8, 4) is 5.75 Å². The van der Waals surface area contributed by atoms with Crippen molar-refractivity contribution < 1.29 is 28.0 Å². The zero-order valence-corrected chi connectivity index (χ0v) is 18.0. The third-order valence-electron chi connectivity index (χ3n) is 4.55. The van der Waals surface area contributed by atoms with E-state index in [9.17, 15) is 18.0 Å². The number of carbonyl (C=O) groups is 2. The summed E-state index contributed by atoms with van der Waals surface area (Å²) < 4.78 is 33.1. The van der Waals surface area contributed by atoms with E-state index in [1.807, 2.05) is 6.07 Å². The highest BCUT2D eigenvalue weighted by Crippen LogP contribution is 2.17. The number of sulfonamides is 1. The molecule has 2 rings (SSSR count). The number of hydroxylamine groups is 1. The molecule has 0 radical (unpaired) electrons. The van der Waals surface area contributed by atoms with Crippen molar-refractivity contribution in [1.82, 2.24) is 10.2 Å². The number of hydrogen-bond acceptors (Lipinski definition) is 6. The SMILES string of the molecule is COc1ccc(S(=O)(=O)N[C@@H](CCCCCC(=O)NO)C(=O)Nc2ccccc2)cc1. The minimum atomic E-state index is -3.95. The van der Waals surface area contributed by atoms with Crippen LogP contribution in [-0.2, 0) is 19.6 Å². The topological polar surface area (TPSA) is 134 Å². The quantitative estimate of drug-likeness (QED) is 0.223. The number of benzene rings is 2. The first-order chi connectivity index (χ1) is 14.9. The molecule has 0 saturated carbocycles. The molecule has 0 unspecified atom stereocenters. The summed E-state index contributed by atoms with van der Waals surface area (Å²) in [5.41, 5.74) is 2.12. The molecule has 0 aromatic heterocycles. The van der Waals surface area contributed by atoms with Crippen LogP contribution < -0.4 is 20.3 Å². The monoisotopic (exact) mass is 449 g/mol. The zero-order valence-electron chi connectivity index (χ0n) is 17.2. The Bertz CT molecular complexity index is 949. The summed E-state index contributed by atoms with van der Waals surface area (Å²) in [7, 11) is -2.46. The Morgan fingerprint density at radius 3 is 2.29 bits per heavy atom. The van der Waals surface area contributed by atoms with Crippen molar-refractivity contribution in [2.75, 3.05) is 12.4 Å². The maximum atomic E-state index is 12.8. The molecule has 4 N–H and O–H groups in total. The molecular weight excluding hydrogens is 422 g/mol.